The first-order valence-corrected chi connectivity index (χ1v) is 9.57. The van der Waals surface area contributed by atoms with E-state index < -0.39 is 10.8 Å². The van der Waals surface area contributed by atoms with Gasteiger partial charge in [-0.1, -0.05) is 30.0 Å². The zero-order chi connectivity index (χ0) is 15.2. The number of nitrogens with zero attached hydrogens (tertiary/aromatic N) is 4. The van der Waals surface area contributed by atoms with Crippen molar-refractivity contribution < 1.29 is 8.95 Å². The van der Waals surface area contributed by atoms with E-state index in [1.54, 1.807) is 11.8 Å². The summed E-state index contributed by atoms with van der Waals surface area (Å²) < 4.78 is 19.4. The van der Waals surface area contributed by atoms with Crippen LogP contribution in [0, 0.1) is 0 Å². The Morgan fingerprint density at radius 1 is 1.27 bits per heavy atom. The molecule has 0 aliphatic carbocycles. The second kappa shape index (κ2) is 7.85. The second-order valence-corrected chi connectivity index (χ2v) is 7.59. The standard InChI is InChI=1S/C14H18N4O2S2/c19-22(13-4-2-1-3-5-13)11-10-21-14-15-16-17-18(14)12-6-8-20-9-7-12/h1-5,12H,6-11H2. The van der Waals surface area contributed by atoms with Gasteiger partial charge in [0, 0.05) is 29.6 Å². The van der Waals surface area contributed by atoms with Gasteiger partial charge in [0.2, 0.25) is 5.16 Å². The van der Waals surface area contributed by atoms with Gasteiger partial charge in [0.25, 0.3) is 0 Å². The summed E-state index contributed by atoms with van der Waals surface area (Å²) in [4.78, 5) is 0.868. The van der Waals surface area contributed by atoms with Gasteiger partial charge >= 0.3 is 0 Å². The predicted molar refractivity (Wildman–Crippen MR) is 85.3 cm³/mol. The van der Waals surface area contributed by atoms with Crippen molar-refractivity contribution >= 4 is 22.6 Å². The van der Waals surface area contributed by atoms with Gasteiger partial charge < -0.3 is 4.74 Å². The smallest absolute Gasteiger partial charge is 0.209 e. The van der Waals surface area contributed by atoms with Crippen LogP contribution in [0.1, 0.15) is 18.9 Å². The van der Waals surface area contributed by atoms with Crippen molar-refractivity contribution in [1.82, 2.24) is 20.2 Å². The summed E-state index contributed by atoms with van der Waals surface area (Å²) in [6.07, 6.45) is 1.88. The van der Waals surface area contributed by atoms with Gasteiger partial charge in [-0.3, -0.25) is 4.21 Å². The van der Waals surface area contributed by atoms with Crippen molar-refractivity contribution in [2.45, 2.75) is 28.9 Å². The number of benzene rings is 1. The van der Waals surface area contributed by atoms with E-state index in [0.29, 0.717) is 11.8 Å². The van der Waals surface area contributed by atoms with E-state index in [-0.39, 0.29) is 0 Å². The van der Waals surface area contributed by atoms with Crippen LogP contribution in [0.15, 0.2) is 40.4 Å². The van der Waals surface area contributed by atoms with Crippen molar-refractivity contribution in [3.05, 3.63) is 30.3 Å². The average molecular weight is 338 g/mol. The summed E-state index contributed by atoms with van der Waals surface area (Å²) >= 11 is 1.56. The van der Waals surface area contributed by atoms with Gasteiger partial charge in [-0.25, -0.2) is 4.68 Å². The van der Waals surface area contributed by atoms with Crippen LogP contribution in [0.4, 0.5) is 0 Å². The van der Waals surface area contributed by atoms with Crippen LogP contribution in [0.5, 0.6) is 0 Å². The summed E-state index contributed by atoms with van der Waals surface area (Å²) in [6.45, 7) is 1.51. The van der Waals surface area contributed by atoms with Crippen LogP contribution in [0.25, 0.3) is 0 Å². The van der Waals surface area contributed by atoms with E-state index in [9.17, 15) is 4.21 Å². The van der Waals surface area contributed by atoms with E-state index in [1.807, 2.05) is 35.0 Å². The fraction of sp³-hybridized carbons (Fsp3) is 0.500. The molecule has 0 amide bonds. The van der Waals surface area contributed by atoms with Crippen LogP contribution in [0.3, 0.4) is 0 Å². The van der Waals surface area contributed by atoms with Crippen LogP contribution in [-0.2, 0) is 15.5 Å². The van der Waals surface area contributed by atoms with Crippen molar-refractivity contribution in [2.24, 2.45) is 0 Å². The molecule has 3 rings (SSSR count). The highest BCUT2D eigenvalue weighted by atomic mass is 32.2. The lowest BCUT2D eigenvalue weighted by Crippen LogP contribution is -2.21. The average Bonchev–Trinajstić information content (AvgIpc) is 3.05. The van der Waals surface area contributed by atoms with Crippen LogP contribution >= 0.6 is 11.8 Å². The minimum absolute atomic E-state index is 0.311. The Kier molecular flexibility index (Phi) is 5.58. The molecule has 1 aliphatic heterocycles. The number of aromatic nitrogens is 4. The summed E-state index contributed by atoms with van der Waals surface area (Å²) in [5.74, 6) is 1.32. The fourth-order valence-corrected chi connectivity index (χ4v) is 4.57. The van der Waals surface area contributed by atoms with Gasteiger partial charge in [0.05, 0.1) is 16.8 Å². The van der Waals surface area contributed by atoms with Crippen molar-refractivity contribution in [1.29, 1.82) is 0 Å². The predicted octanol–water partition coefficient (Wildman–Crippen LogP) is 1.92. The van der Waals surface area contributed by atoms with Gasteiger partial charge in [0.15, 0.2) is 0 Å². The summed E-state index contributed by atoms with van der Waals surface area (Å²) in [7, 11) is -0.975. The van der Waals surface area contributed by atoms with Crippen LogP contribution < -0.4 is 0 Å². The molecule has 118 valence electrons. The summed E-state index contributed by atoms with van der Waals surface area (Å²) in [6, 6.07) is 9.85. The van der Waals surface area contributed by atoms with Crippen LogP contribution in [0.2, 0.25) is 0 Å². The molecule has 0 spiro atoms. The lowest BCUT2D eigenvalue weighted by molar-refractivity contribution is 0.0631. The zero-order valence-corrected chi connectivity index (χ0v) is 13.8. The molecule has 1 aliphatic rings. The lowest BCUT2D eigenvalue weighted by atomic mass is 10.1. The minimum Gasteiger partial charge on any atom is -0.381 e. The maximum absolute atomic E-state index is 12.2. The maximum Gasteiger partial charge on any atom is 0.209 e. The highest BCUT2D eigenvalue weighted by Gasteiger charge is 2.20. The van der Waals surface area contributed by atoms with Gasteiger partial charge in [-0.15, -0.1) is 5.10 Å². The normalized spacial score (nSPS) is 17.5. The minimum atomic E-state index is -0.975. The van der Waals surface area contributed by atoms with E-state index >= 15 is 0 Å². The third-order valence-corrected chi connectivity index (χ3v) is 6.07. The molecular weight excluding hydrogens is 320 g/mol. The third kappa shape index (κ3) is 3.93. The molecule has 1 atom stereocenters. The van der Waals surface area contributed by atoms with Gasteiger partial charge in [-0.05, 0) is 35.4 Å². The second-order valence-electron chi connectivity index (χ2n) is 4.96. The molecule has 1 aromatic heterocycles. The number of thioether (sulfide) groups is 1. The van der Waals surface area contributed by atoms with Crippen molar-refractivity contribution in [2.75, 3.05) is 24.7 Å². The first-order valence-electron chi connectivity index (χ1n) is 7.26. The number of hydrogen-bond acceptors (Lipinski definition) is 6. The molecule has 0 saturated carbocycles. The molecule has 8 heteroatoms. The quantitative estimate of drug-likeness (QED) is 0.750. The van der Waals surface area contributed by atoms with E-state index in [4.69, 9.17) is 4.74 Å². The molecule has 22 heavy (non-hydrogen) atoms. The Morgan fingerprint density at radius 2 is 2.05 bits per heavy atom. The molecule has 1 unspecified atom stereocenters. The summed E-state index contributed by atoms with van der Waals surface area (Å²) in [5.41, 5.74) is 0. The molecule has 1 saturated heterocycles. The van der Waals surface area contributed by atoms with Crippen molar-refractivity contribution in [3.8, 4) is 0 Å². The largest absolute Gasteiger partial charge is 0.381 e. The van der Waals surface area contributed by atoms with Gasteiger partial charge in [-0.2, -0.15) is 0 Å². The maximum atomic E-state index is 12.2. The van der Waals surface area contributed by atoms with Crippen molar-refractivity contribution in [3.63, 3.8) is 0 Å². The first-order chi connectivity index (χ1) is 10.8. The highest BCUT2D eigenvalue weighted by Crippen LogP contribution is 2.25. The van der Waals surface area contributed by atoms with Gasteiger partial charge in [0.1, 0.15) is 0 Å². The summed E-state index contributed by atoms with van der Waals surface area (Å²) in [5, 5.41) is 12.8. The Bertz CT molecular complexity index is 614. The molecule has 1 aromatic carbocycles. The molecule has 0 bridgehead atoms. The molecular formula is C14H18N4O2S2. The molecule has 2 heterocycles. The Labute approximate surface area is 136 Å². The monoisotopic (exact) mass is 338 g/mol. The van der Waals surface area contributed by atoms with E-state index in [2.05, 4.69) is 15.5 Å². The Balaban J connectivity index is 1.54. The molecule has 1 fully saturated rings. The Morgan fingerprint density at radius 3 is 2.82 bits per heavy atom. The third-order valence-electron chi connectivity index (χ3n) is 3.51. The molecule has 6 nitrogen and oxygen atoms in total. The molecule has 0 radical (unpaired) electrons. The fourth-order valence-electron chi connectivity index (χ4n) is 2.34. The first kappa shape index (κ1) is 15.6. The topological polar surface area (TPSA) is 69.9 Å². The number of hydrogen-bond donors (Lipinski definition) is 0. The van der Waals surface area contributed by atoms with Crippen LogP contribution in [-0.4, -0.2) is 49.1 Å². The number of ether oxygens (including phenoxy) is 1. The SMILES string of the molecule is O=S(CCSc1nnnn1C1CCOCC1)c1ccccc1. The number of rotatable bonds is 6. The molecule has 0 N–H and O–H groups in total. The molecule has 2 aromatic rings. The van der Waals surface area contributed by atoms with E-state index in [0.717, 1.165) is 41.9 Å². The number of tetrazole rings is 1. The highest BCUT2D eigenvalue weighted by molar-refractivity contribution is 8.00. The Hall–Kier alpha value is -1.25. The van der Waals surface area contributed by atoms with E-state index in [1.165, 1.54) is 0 Å². The zero-order valence-electron chi connectivity index (χ0n) is 12.1. The lowest BCUT2D eigenvalue weighted by Gasteiger charge is -2.22.